The number of urea groups is 1. The van der Waals surface area contributed by atoms with E-state index in [1.807, 2.05) is 0 Å². The highest BCUT2D eigenvalue weighted by atomic mass is 19.4. The summed E-state index contributed by atoms with van der Waals surface area (Å²) in [4.78, 5) is 11.2. The molecule has 0 aliphatic carbocycles. The van der Waals surface area contributed by atoms with Crippen LogP contribution in [0.5, 0.6) is 0 Å². The number of halogens is 3. The Kier molecular flexibility index (Phi) is 4.09. The number of aromatic nitrogens is 4. The first-order valence-corrected chi connectivity index (χ1v) is 6.97. The fourth-order valence-electron chi connectivity index (χ4n) is 2.40. The molecule has 0 saturated carbocycles. The number of tetrazole rings is 1. The van der Waals surface area contributed by atoms with Crippen LogP contribution in [0.1, 0.15) is 5.56 Å². The van der Waals surface area contributed by atoms with Crippen molar-refractivity contribution in [2.24, 2.45) is 5.73 Å². The first-order chi connectivity index (χ1) is 11.9. The van der Waals surface area contributed by atoms with Gasteiger partial charge in [-0.3, -0.25) is 0 Å². The fourth-order valence-corrected chi connectivity index (χ4v) is 2.40. The minimum absolute atomic E-state index is 0.108. The minimum Gasteiger partial charge on any atom is -0.351 e. The summed E-state index contributed by atoms with van der Waals surface area (Å²) in [5, 5.41) is 15.8. The van der Waals surface area contributed by atoms with Crippen LogP contribution in [0.15, 0.2) is 42.5 Å². The van der Waals surface area contributed by atoms with Crippen LogP contribution in [-0.4, -0.2) is 26.7 Å². The van der Waals surface area contributed by atoms with Gasteiger partial charge in [0.2, 0.25) is 5.82 Å². The SMILES string of the molecule is NC(=O)Nc1cccc(-c2cccc(C(F)(F)F)c2)c1-c1nn[nH]n1. The summed E-state index contributed by atoms with van der Waals surface area (Å²) in [6.07, 6.45) is -4.48. The number of aromatic amines is 1. The van der Waals surface area contributed by atoms with Gasteiger partial charge in [-0.1, -0.05) is 24.3 Å². The van der Waals surface area contributed by atoms with Crippen molar-refractivity contribution >= 4 is 11.7 Å². The van der Waals surface area contributed by atoms with Crippen LogP contribution >= 0.6 is 0 Å². The summed E-state index contributed by atoms with van der Waals surface area (Å²) in [6, 6.07) is 8.67. The molecule has 25 heavy (non-hydrogen) atoms. The molecule has 0 radical (unpaired) electrons. The summed E-state index contributed by atoms with van der Waals surface area (Å²) in [5.41, 5.74) is 5.58. The minimum atomic E-state index is -4.48. The second-order valence-electron chi connectivity index (χ2n) is 5.03. The number of hydrogen-bond acceptors (Lipinski definition) is 4. The number of hydrogen-bond donors (Lipinski definition) is 3. The molecule has 0 fully saturated rings. The molecule has 1 aromatic heterocycles. The predicted molar refractivity (Wildman–Crippen MR) is 83.3 cm³/mol. The molecular formula is C15H11F3N6O. The maximum absolute atomic E-state index is 13.0. The van der Waals surface area contributed by atoms with E-state index < -0.39 is 17.8 Å². The molecule has 128 valence electrons. The maximum atomic E-state index is 13.0. The lowest BCUT2D eigenvalue weighted by Crippen LogP contribution is -2.20. The van der Waals surface area contributed by atoms with E-state index in [4.69, 9.17) is 5.73 Å². The van der Waals surface area contributed by atoms with Gasteiger partial charge in [0, 0.05) is 0 Å². The lowest BCUT2D eigenvalue weighted by Gasteiger charge is -2.14. The third-order valence-corrected chi connectivity index (χ3v) is 3.39. The second-order valence-corrected chi connectivity index (χ2v) is 5.03. The molecule has 2 amide bonds. The van der Waals surface area contributed by atoms with Crippen LogP contribution in [-0.2, 0) is 6.18 Å². The molecule has 0 saturated heterocycles. The van der Waals surface area contributed by atoms with Crippen molar-refractivity contribution in [3.63, 3.8) is 0 Å². The van der Waals surface area contributed by atoms with E-state index in [1.54, 1.807) is 12.1 Å². The number of nitrogens with two attached hydrogens (primary N) is 1. The van der Waals surface area contributed by atoms with Crippen molar-refractivity contribution in [1.82, 2.24) is 20.6 Å². The smallest absolute Gasteiger partial charge is 0.351 e. The van der Waals surface area contributed by atoms with Gasteiger partial charge in [-0.25, -0.2) is 4.79 Å². The number of nitrogens with one attached hydrogen (secondary N) is 2. The number of primary amides is 1. The van der Waals surface area contributed by atoms with Gasteiger partial charge in [0.15, 0.2) is 0 Å². The van der Waals surface area contributed by atoms with Gasteiger partial charge in [-0.05, 0) is 34.5 Å². The Morgan fingerprint density at radius 3 is 2.56 bits per heavy atom. The molecule has 1 heterocycles. The lowest BCUT2D eigenvalue weighted by molar-refractivity contribution is -0.137. The zero-order valence-electron chi connectivity index (χ0n) is 12.5. The Labute approximate surface area is 139 Å². The van der Waals surface area contributed by atoms with Gasteiger partial charge in [-0.15, -0.1) is 10.2 Å². The maximum Gasteiger partial charge on any atom is 0.416 e. The lowest BCUT2D eigenvalue weighted by atomic mass is 9.96. The highest BCUT2D eigenvalue weighted by molar-refractivity contribution is 5.97. The van der Waals surface area contributed by atoms with Gasteiger partial charge in [0.05, 0.1) is 16.8 Å². The van der Waals surface area contributed by atoms with E-state index in [0.29, 0.717) is 11.1 Å². The van der Waals surface area contributed by atoms with Gasteiger partial charge < -0.3 is 11.1 Å². The highest BCUT2D eigenvalue weighted by Crippen LogP contribution is 2.38. The molecule has 3 rings (SSSR count). The number of amides is 2. The zero-order chi connectivity index (χ0) is 18.0. The van der Waals surface area contributed by atoms with Gasteiger partial charge in [0.1, 0.15) is 0 Å². The molecule has 0 bridgehead atoms. The Morgan fingerprint density at radius 1 is 1.16 bits per heavy atom. The number of rotatable bonds is 3. The topological polar surface area (TPSA) is 110 Å². The van der Waals surface area contributed by atoms with Gasteiger partial charge >= 0.3 is 12.2 Å². The van der Waals surface area contributed by atoms with Gasteiger partial charge in [0.25, 0.3) is 0 Å². The number of nitrogens with zero attached hydrogens (tertiary/aromatic N) is 3. The van der Waals surface area contributed by atoms with E-state index in [0.717, 1.165) is 12.1 Å². The van der Waals surface area contributed by atoms with Crippen LogP contribution in [0.4, 0.5) is 23.7 Å². The molecule has 0 atom stereocenters. The normalized spacial score (nSPS) is 11.3. The highest BCUT2D eigenvalue weighted by Gasteiger charge is 2.30. The molecule has 4 N–H and O–H groups in total. The molecule has 0 aliphatic rings. The molecule has 10 heteroatoms. The molecule has 3 aromatic rings. The van der Waals surface area contributed by atoms with Crippen LogP contribution in [0.2, 0.25) is 0 Å². The standard InChI is InChI=1S/C15H11F3N6O/c16-15(17,18)9-4-1-3-8(7-9)10-5-2-6-11(20-14(19)25)12(10)13-21-23-24-22-13/h1-7H,(H3,19,20,25)(H,21,22,23,24). The summed E-state index contributed by atoms with van der Waals surface area (Å²) in [7, 11) is 0. The molecular weight excluding hydrogens is 337 g/mol. The number of carbonyl (C=O) groups is 1. The molecule has 0 unspecified atom stereocenters. The third kappa shape index (κ3) is 3.42. The van der Waals surface area contributed by atoms with Crippen LogP contribution in [0.3, 0.4) is 0 Å². The number of carbonyl (C=O) groups excluding carboxylic acids is 1. The van der Waals surface area contributed by atoms with Crippen molar-refractivity contribution in [2.45, 2.75) is 6.18 Å². The quantitative estimate of drug-likeness (QED) is 0.676. The summed E-state index contributed by atoms with van der Waals surface area (Å²) < 4.78 is 39.0. The number of H-pyrrole nitrogens is 1. The van der Waals surface area contributed by atoms with Crippen molar-refractivity contribution in [2.75, 3.05) is 5.32 Å². The third-order valence-electron chi connectivity index (χ3n) is 3.39. The summed E-state index contributed by atoms with van der Waals surface area (Å²) in [5.74, 6) is 0.108. The number of alkyl halides is 3. The van der Waals surface area contributed by atoms with E-state index in [2.05, 4.69) is 25.9 Å². The van der Waals surface area contributed by atoms with Crippen molar-refractivity contribution in [3.05, 3.63) is 48.0 Å². The summed E-state index contributed by atoms with van der Waals surface area (Å²) >= 11 is 0. The van der Waals surface area contributed by atoms with Crippen molar-refractivity contribution < 1.29 is 18.0 Å². The molecule has 7 nitrogen and oxygen atoms in total. The largest absolute Gasteiger partial charge is 0.416 e. The van der Waals surface area contributed by atoms with Crippen molar-refractivity contribution in [1.29, 1.82) is 0 Å². The monoisotopic (exact) mass is 348 g/mol. The average Bonchev–Trinajstić information content (AvgIpc) is 3.07. The Bertz CT molecular complexity index is 908. The zero-order valence-corrected chi connectivity index (χ0v) is 12.5. The van der Waals surface area contributed by atoms with Crippen LogP contribution in [0, 0.1) is 0 Å². The van der Waals surface area contributed by atoms with E-state index >= 15 is 0 Å². The fraction of sp³-hybridized carbons (Fsp3) is 0.0667. The Hall–Kier alpha value is -3.43. The van der Waals surface area contributed by atoms with Crippen LogP contribution < -0.4 is 11.1 Å². The predicted octanol–water partition coefficient (Wildman–Crippen LogP) is 3.04. The molecule has 0 aliphatic heterocycles. The van der Waals surface area contributed by atoms with E-state index in [-0.39, 0.29) is 17.1 Å². The first kappa shape index (κ1) is 16.4. The summed E-state index contributed by atoms with van der Waals surface area (Å²) in [6.45, 7) is 0. The van der Waals surface area contributed by atoms with Crippen LogP contribution in [0.25, 0.3) is 22.5 Å². The second kappa shape index (κ2) is 6.23. The average molecular weight is 348 g/mol. The molecule has 2 aromatic carbocycles. The van der Waals surface area contributed by atoms with E-state index in [1.165, 1.54) is 18.2 Å². The number of benzene rings is 2. The van der Waals surface area contributed by atoms with Gasteiger partial charge in [-0.2, -0.15) is 18.4 Å². The first-order valence-electron chi connectivity index (χ1n) is 6.97. The molecule has 0 spiro atoms. The Balaban J connectivity index is 2.21. The van der Waals surface area contributed by atoms with E-state index in [9.17, 15) is 18.0 Å². The van der Waals surface area contributed by atoms with Crippen molar-refractivity contribution in [3.8, 4) is 22.5 Å². The number of anilines is 1. The Morgan fingerprint density at radius 2 is 1.92 bits per heavy atom.